The Bertz CT molecular complexity index is 361. The second-order valence-corrected chi connectivity index (χ2v) is 3.82. The van der Waals surface area contributed by atoms with Crippen molar-refractivity contribution in [1.82, 2.24) is 0 Å². The number of ether oxygens (including phenoxy) is 2. The predicted molar refractivity (Wildman–Crippen MR) is 70.7 cm³/mol. The molecule has 1 unspecified atom stereocenters. The minimum Gasteiger partial charge on any atom is -0.494 e. The third-order valence-electron chi connectivity index (χ3n) is 2.39. The first kappa shape index (κ1) is 14.5. The molecule has 100 valence electrons. The molecule has 0 saturated carbocycles. The van der Waals surface area contributed by atoms with Crippen LogP contribution in [-0.4, -0.2) is 32.3 Å². The van der Waals surface area contributed by atoms with E-state index in [0.29, 0.717) is 12.3 Å². The summed E-state index contributed by atoms with van der Waals surface area (Å²) in [5.41, 5.74) is 6.10. The predicted octanol–water partition coefficient (Wildman–Crippen LogP) is 1.39. The third-order valence-corrected chi connectivity index (χ3v) is 2.39. The van der Waals surface area contributed by atoms with Gasteiger partial charge in [0.15, 0.2) is 0 Å². The van der Waals surface area contributed by atoms with E-state index in [2.05, 4.69) is 5.32 Å². The van der Waals surface area contributed by atoms with Crippen LogP contribution in [-0.2, 0) is 9.53 Å². The standard InChI is InChI=1S/C13H20N2O3/c1-3-8-18-11-6-4-10(5-7-11)15-13(16)12(9-14)17-2/h4-7,12H,3,8-9,14H2,1-2H3,(H,15,16). The second-order valence-electron chi connectivity index (χ2n) is 3.82. The monoisotopic (exact) mass is 252 g/mol. The highest BCUT2D eigenvalue weighted by atomic mass is 16.5. The van der Waals surface area contributed by atoms with Gasteiger partial charge >= 0.3 is 0 Å². The number of hydrogen-bond donors (Lipinski definition) is 2. The van der Waals surface area contributed by atoms with Crippen molar-refractivity contribution in [3.63, 3.8) is 0 Å². The Morgan fingerprint density at radius 2 is 2.06 bits per heavy atom. The van der Waals surface area contributed by atoms with E-state index in [1.807, 2.05) is 19.1 Å². The minimum atomic E-state index is -0.624. The van der Waals surface area contributed by atoms with Gasteiger partial charge < -0.3 is 20.5 Å². The number of rotatable bonds is 7. The Morgan fingerprint density at radius 3 is 2.56 bits per heavy atom. The summed E-state index contributed by atoms with van der Waals surface area (Å²) in [6.07, 6.45) is 0.339. The zero-order valence-electron chi connectivity index (χ0n) is 10.8. The highest BCUT2D eigenvalue weighted by molar-refractivity contribution is 5.94. The van der Waals surface area contributed by atoms with Gasteiger partial charge in [-0.25, -0.2) is 0 Å². The molecule has 0 fully saturated rings. The quantitative estimate of drug-likeness (QED) is 0.769. The molecule has 18 heavy (non-hydrogen) atoms. The highest BCUT2D eigenvalue weighted by Crippen LogP contribution is 2.16. The minimum absolute atomic E-state index is 0.153. The SMILES string of the molecule is CCCOc1ccc(NC(=O)C(CN)OC)cc1. The summed E-state index contributed by atoms with van der Waals surface area (Å²) in [4.78, 5) is 11.7. The lowest BCUT2D eigenvalue weighted by Crippen LogP contribution is -2.35. The van der Waals surface area contributed by atoms with E-state index >= 15 is 0 Å². The van der Waals surface area contributed by atoms with E-state index in [9.17, 15) is 4.79 Å². The van der Waals surface area contributed by atoms with E-state index in [4.69, 9.17) is 15.2 Å². The number of hydrogen-bond acceptors (Lipinski definition) is 4. The highest BCUT2D eigenvalue weighted by Gasteiger charge is 2.15. The molecule has 0 spiro atoms. The van der Waals surface area contributed by atoms with Crippen molar-refractivity contribution in [2.45, 2.75) is 19.4 Å². The van der Waals surface area contributed by atoms with E-state index in [0.717, 1.165) is 12.2 Å². The molecule has 1 atom stereocenters. The topological polar surface area (TPSA) is 73.6 Å². The zero-order valence-corrected chi connectivity index (χ0v) is 10.8. The van der Waals surface area contributed by atoms with Crippen LogP contribution >= 0.6 is 0 Å². The van der Waals surface area contributed by atoms with Gasteiger partial charge in [0.1, 0.15) is 11.9 Å². The Balaban J connectivity index is 2.55. The molecule has 0 aliphatic carbocycles. The first-order valence-electron chi connectivity index (χ1n) is 5.97. The average Bonchev–Trinajstić information content (AvgIpc) is 2.39. The number of nitrogens with one attached hydrogen (secondary N) is 1. The summed E-state index contributed by atoms with van der Waals surface area (Å²) in [5.74, 6) is 0.541. The number of carbonyl (C=O) groups excluding carboxylic acids is 1. The number of methoxy groups -OCH3 is 1. The maximum Gasteiger partial charge on any atom is 0.254 e. The summed E-state index contributed by atoms with van der Waals surface area (Å²) < 4.78 is 10.4. The molecule has 0 saturated heterocycles. The van der Waals surface area contributed by atoms with Crippen LogP contribution in [0.3, 0.4) is 0 Å². The van der Waals surface area contributed by atoms with Crippen LogP contribution in [0.15, 0.2) is 24.3 Å². The van der Waals surface area contributed by atoms with Gasteiger partial charge in [0.05, 0.1) is 6.61 Å². The fourth-order valence-corrected chi connectivity index (χ4v) is 1.39. The van der Waals surface area contributed by atoms with Crippen molar-refractivity contribution in [3.05, 3.63) is 24.3 Å². The molecule has 5 heteroatoms. The van der Waals surface area contributed by atoms with Gasteiger partial charge in [0.2, 0.25) is 0 Å². The van der Waals surface area contributed by atoms with Crippen LogP contribution in [0.2, 0.25) is 0 Å². The van der Waals surface area contributed by atoms with Crippen molar-refractivity contribution in [1.29, 1.82) is 0 Å². The van der Waals surface area contributed by atoms with E-state index in [1.165, 1.54) is 7.11 Å². The molecule has 0 aliphatic heterocycles. The number of benzene rings is 1. The van der Waals surface area contributed by atoms with Crippen molar-refractivity contribution in [3.8, 4) is 5.75 Å². The lowest BCUT2D eigenvalue weighted by molar-refractivity contribution is -0.125. The molecular formula is C13H20N2O3. The van der Waals surface area contributed by atoms with Crippen molar-refractivity contribution in [2.24, 2.45) is 5.73 Å². The summed E-state index contributed by atoms with van der Waals surface area (Å²) >= 11 is 0. The first-order chi connectivity index (χ1) is 8.71. The molecule has 0 heterocycles. The van der Waals surface area contributed by atoms with Gasteiger partial charge in [-0.15, -0.1) is 0 Å². The van der Waals surface area contributed by atoms with Crippen molar-refractivity contribution < 1.29 is 14.3 Å². The van der Waals surface area contributed by atoms with Crippen LogP contribution in [0.25, 0.3) is 0 Å². The van der Waals surface area contributed by atoms with Gasteiger partial charge in [0.25, 0.3) is 5.91 Å². The Hall–Kier alpha value is -1.59. The molecule has 5 nitrogen and oxygen atoms in total. The largest absolute Gasteiger partial charge is 0.494 e. The molecular weight excluding hydrogens is 232 g/mol. The normalized spacial score (nSPS) is 11.9. The summed E-state index contributed by atoms with van der Waals surface area (Å²) in [6, 6.07) is 7.20. The van der Waals surface area contributed by atoms with Crippen molar-refractivity contribution in [2.75, 3.05) is 25.6 Å². The molecule has 0 aromatic heterocycles. The summed E-state index contributed by atoms with van der Waals surface area (Å²) in [6.45, 7) is 2.89. The molecule has 1 aromatic rings. The Morgan fingerprint density at radius 1 is 1.39 bits per heavy atom. The molecule has 0 bridgehead atoms. The van der Waals surface area contributed by atoms with Crippen LogP contribution < -0.4 is 15.8 Å². The summed E-state index contributed by atoms with van der Waals surface area (Å²) in [7, 11) is 1.46. The molecule has 0 aliphatic rings. The molecule has 1 aromatic carbocycles. The average molecular weight is 252 g/mol. The molecule has 1 rings (SSSR count). The maximum absolute atomic E-state index is 11.7. The lowest BCUT2D eigenvalue weighted by atomic mass is 10.2. The van der Waals surface area contributed by atoms with Crippen LogP contribution in [0.1, 0.15) is 13.3 Å². The van der Waals surface area contributed by atoms with E-state index in [1.54, 1.807) is 12.1 Å². The molecule has 0 radical (unpaired) electrons. The van der Waals surface area contributed by atoms with E-state index in [-0.39, 0.29) is 12.5 Å². The van der Waals surface area contributed by atoms with Gasteiger partial charge in [0, 0.05) is 19.3 Å². The van der Waals surface area contributed by atoms with Gasteiger partial charge in [-0.2, -0.15) is 0 Å². The number of nitrogens with two attached hydrogens (primary N) is 1. The first-order valence-corrected chi connectivity index (χ1v) is 5.97. The second kappa shape index (κ2) is 7.68. The Labute approximate surface area is 107 Å². The van der Waals surface area contributed by atoms with Crippen LogP contribution in [0.5, 0.6) is 5.75 Å². The maximum atomic E-state index is 11.7. The van der Waals surface area contributed by atoms with E-state index < -0.39 is 6.10 Å². The smallest absolute Gasteiger partial charge is 0.254 e. The van der Waals surface area contributed by atoms with Crippen LogP contribution in [0.4, 0.5) is 5.69 Å². The van der Waals surface area contributed by atoms with Gasteiger partial charge in [-0.05, 0) is 30.7 Å². The number of anilines is 1. The van der Waals surface area contributed by atoms with Crippen molar-refractivity contribution >= 4 is 11.6 Å². The van der Waals surface area contributed by atoms with Gasteiger partial charge in [-0.1, -0.05) is 6.92 Å². The summed E-state index contributed by atoms with van der Waals surface area (Å²) in [5, 5.41) is 2.73. The number of amides is 1. The lowest BCUT2D eigenvalue weighted by Gasteiger charge is -2.13. The molecule has 3 N–H and O–H groups in total. The third kappa shape index (κ3) is 4.35. The molecule has 1 amide bonds. The Kier molecular flexibility index (Phi) is 6.18. The fourth-order valence-electron chi connectivity index (χ4n) is 1.39. The fraction of sp³-hybridized carbons (Fsp3) is 0.462. The number of carbonyl (C=O) groups is 1. The van der Waals surface area contributed by atoms with Gasteiger partial charge in [-0.3, -0.25) is 4.79 Å². The zero-order chi connectivity index (χ0) is 13.4. The van der Waals surface area contributed by atoms with Crippen LogP contribution in [0, 0.1) is 0 Å².